The lowest BCUT2D eigenvalue weighted by Gasteiger charge is -1.98. The minimum absolute atomic E-state index is 0.00741. The van der Waals surface area contributed by atoms with E-state index in [1.54, 1.807) is 13.0 Å². The van der Waals surface area contributed by atoms with Crippen LogP contribution in [0.2, 0.25) is 0 Å². The molecule has 0 aromatic heterocycles. The third-order valence-electron chi connectivity index (χ3n) is 1.88. The van der Waals surface area contributed by atoms with Crippen LogP contribution < -0.4 is 0 Å². The Balaban J connectivity index is 3.16. The number of nitro groups is 1. The molecule has 1 rings (SSSR count). The van der Waals surface area contributed by atoms with Crippen LogP contribution in [0.15, 0.2) is 28.4 Å². The van der Waals surface area contributed by atoms with Crippen LogP contribution in [0.5, 0.6) is 0 Å². The number of allylic oxidation sites excluding steroid dienone is 1. The first-order valence-electron chi connectivity index (χ1n) is 4.34. The maximum Gasteiger partial charge on any atom is 0.246 e. The van der Waals surface area contributed by atoms with Gasteiger partial charge in [0.15, 0.2) is 0 Å². The molecule has 0 fully saturated rings. The van der Waals surface area contributed by atoms with Crippen LogP contribution in [0.3, 0.4) is 0 Å². The summed E-state index contributed by atoms with van der Waals surface area (Å²) in [5, 5.41) is 10.5. The Morgan fingerprint density at radius 1 is 1.67 bits per heavy atom. The van der Waals surface area contributed by atoms with Crippen LogP contribution in [-0.2, 0) is 0 Å². The van der Waals surface area contributed by atoms with Crippen LogP contribution in [0, 0.1) is 15.9 Å². The first-order valence-corrected chi connectivity index (χ1v) is 5.14. The van der Waals surface area contributed by atoms with Crippen LogP contribution in [0.4, 0.5) is 4.39 Å². The quantitative estimate of drug-likeness (QED) is 0.624. The fraction of sp³-hybridized carbons (Fsp3) is 0.200. The molecule has 1 aromatic rings. The molecule has 0 atom stereocenters. The maximum absolute atomic E-state index is 13.2. The molecule has 0 aliphatic rings. The lowest BCUT2D eigenvalue weighted by molar-refractivity contribution is -0.425. The van der Waals surface area contributed by atoms with Crippen molar-refractivity contribution >= 4 is 22.0 Å². The number of hydrogen-bond donors (Lipinski definition) is 0. The molecular formula is C10H9BrFNO2. The first kappa shape index (κ1) is 11.8. The highest BCUT2D eigenvalue weighted by Crippen LogP contribution is 2.19. The molecule has 0 amide bonds. The molecule has 0 bridgehead atoms. The van der Waals surface area contributed by atoms with Crippen molar-refractivity contribution in [2.45, 2.75) is 13.3 Å². The van der Waals surface area contributed by atoms with E-state index in [4.69, 9.17) is 0 Å². The Bertz CT molecular complexity index is 418. The van der Waals surface area contributed by atoms with Gasteiger partial charge in [0.2, 0.25) is 5.70 Å². The Kier molecular flexibility index (Phi) is 3.96. The predicted octanol–water partition coefficient (Wildman–Crippen LogP) is 3.62. The molecule has 0 heterocycles. The summed E-state index contributed by atoms with van der Waals surface area (Å²) in [4.78, 5) is 10.0. The molecule has 15 heavy (non-hydrogen) atoms. The van der Waals surface area contributed by atoms with E-state index >= 15 is 0 Å². The van der Waals surface area contributed by atoms with Gasteiger partial charge in [0.25, 0.3) is 0 Å². The van der Waals surface area contributed by atoms with E-state index in [-0.39, 0.29) is 17.7 Å². The van der Waals surface area contributed by atoms with Crippen molar-refractivity contribution in [3.63, 3.8) is 0 Å². The predicted molar refractivity (Wildman–Crippen MR) is 59.4 cm³/mol. The van der Waals surface area contributed by atoms with Gasteiger partial charge in [-0.2, -0.15) is 0 Å². The fourth-order valence-corrected chi connectivity index (χ4v) is 1.47. The molecule has 0 spiro atoms. The van der Waals surface area contributed by atoms with E-state index in [1.807, 2.05) is 0 Å². The number of hydrogen-bond acceptors (Lipinski definition) is 2. The summed E-state index contributed by atoms with van der Waals surface area (Å²) in [5.41, 5.74) is 0.213. The molecule has 5 heteroatoms. The molecule has 80 valence electrons. The molecule has 3 nitrogen and oxygen atoms in total. The van der Waals surface area contributed by atoms with Crippen LogP contribution >= 0.6 is 15.9 Å². The zero-order valence-corrected chi connectivity index (χ0v) is 9.62. The Labute approximate surface area is 94.9 Å². The largest absolute Gasteiger partial charge is 0.259 e. The summed E-state index contributed by atoms with van der Waals surface area (Å²) in [7, 11) is 0. The normalized spacial score (nSPS) is 11.5. The van der Waals surface area contributed by atoms with Gasteiger partial charge in [-0.1, -0.05) is 22.9 Å². The van der Waals surface area contributed by atoms with Crippen molar-refractivity contribution < 1.29 is 9.31 Å². The topological polar surface area (TPSA) is 43.1 Å². The van der Waals surface area contributed by atoms with Gasteiger partial charge >= 0.3 is 0 Å². The average Bonchev–Trinajstić information content (AvgIpc) is 2.18. The van der Waals surface area contributed by atoms with Crippen molar-refractivity contribution in [1.29, 1.82) is 0 Å². The first-order chi connectivity index (χ1) is 7.04. The summed E-state index contributed by atoms with van der Waals surface area (Å²) in [5.74, 6) is -0.467. The molecule has 0 saturated heterocycles. The van der Waals surface area contributed by atoms with Gasteiger partial charge < -0.3 is 0 Å². The molecule has 0 radical (unpaired) electrons. The van der Waals surface area contributed by atoms with Gasteiger partial charge in [0, 0.05) is 22.5 Å². The zero-order valence-electron chi connectivity index (χ0n) is 8.04. The molecule has 1 aromatic carbocycles. The molecule has 0 saturated carbocycles. The molecule has 0 unspecified atom stereocenters. The number of rotatable bonds is 3. The summed E-state index contributed by atoms with van der Waals surface area (Å²) >= 11 is 3.18. The highest BCUT2D eigenvalue weighted by molar-refractivity contribution is 9.10. The summed E-state index contributed by atoms with van der Waals surface area (Å²) in [6.45, 7) is 1.66. The summed E-state index contributed by atoms with van der Waals surface area (Å²) in [6, 6.07) is 4.32. The minimum Gasteiger partial charge on any atom is -0.259 e. The molecule has 0 N–H and O–H groups in total. The highest BCUT2D eigenvalue weighted by Gasteiger charge is 2.09. The van der Waals surface area contributed by atoms with Gasteiger partial charge in [0.05, 0.1) is 4.92 Å². The smallest absolute Gasteiger partial charge is 0.246 e. The lowest BCUT2D eigenvalue weighted by Crippen LogP contribution is -1.97. The van der Waals surface area contributed by atoms with E-state index < -0.39 is 10.7 Å². The van der Waals surface area contributed by atoms with E-state index in [0.29, 0.717) is 4.47 Å². The number of halogens is 2. The van der Waals surface area contributed by atoms with Gasteiger partial charge in [-0.05, 0) is 18.2 Å². The Morgan fingerprint density at radius 2 is 2.33 bits per heavy atom. The molecular weight excluding hydrogens is 265 g/mol. The molecule has 0 aliphatic heterocycles. The SMILES string of the molecule is CC/C(=C/c1cc(Br)ccc1F)[N+](=O)[O-]. The third-order valence-corrected chi connectivity index (χ3v) is 2.37. The molecule has 0 aliphatic carbocycles. The van der Waals surface area contributed by atoms with Crippen LogP contribution in [0.25, 0.3) is 6.08 Å². The van der Waals surface area contributed by atoms with Crippen molar-refractivity contribution in [2.75, 3.05) is 0 Å². The average molecular weight is 274 g/mol. The number of nitrogens with zero attached hydrogens (tertiary/aromatic N) is 1. The summed E-state index contributed by atoms with van der Waals surface area (Å²) < 4.78 is 13.9. The van der Waals surface area contributed by atoms with E-state index in [9.17, 15) is 14.5 Å². The van der Waals surface area contributed by atoms with Gasteiger partial charge in [-0.25, -0.2) is 4.39 Å². The van der Waals surface area contributed by atoms with E-state index in [0.717, 1.165) is 0 Å². The van der Waals surface area contributed by atoms with Crippen molar-refractivity contribution in [2.24, 2.45) is 0 Å². The monoisotopic (exact) mass is 273 g/mol. The second kappa shape index (κ2) is 5.02. The fourth-order valence-electron chi connectivity index (χ4n) is 1.09. The van der Waals surface area contributed by atoms with Crippen LogP contribution in [0.1, 0.15) is 18.9 Å². The lowest BCUT2D eigenvalue weighted by atomic mass is 10.1. The van der Waals surface area contributed by atoms with Crippen molar-refractivity contribution in [3.05, 3.63) is 49.9 Å². The Morgan fingerprint density at radius 3 is 2.87 bits per heavy atom. The van der Waals surface area contributed by atoms with Gasteiger partial charge in [0.1, 0.15) is 5.82 Å². The van der Waals surface area contributed by atoms with Gasteiger partial charge in [-0.15, -0.1) is 0 Å². The number of benzene rings is 1. The van der Waals surface area contributed by atoms with E-state index in [1.165, 1.54) is 18.2 Å². The van der Waals surface area contributed by atoms with Crippen molar-refractivity contribution in [1.82, 2.24) is 0 Å². The third kappa shape index (κ3) is 3.13. The summed E-state index contributed by atoms with van der Waals surface area (Å²) in [6.07, 6.45) is 1.51. The second-order valence-corrected chi connectivity index (χ2v) is 3.83. The van der Waals surface area contributed by atoms with Crippen molar-refractivity contribution in [3.8, 4) is 0 Å². The van der Waals surface area contributed by atoms with Crippen LogP contribution in [-0.4, -0.2) is 4.92 Å². The standard InChI is InChI=1S/C10H9BrFNO2/c1-2-9(13(14)15)6-7-5-8(11)3-4-10(7)12/h3-6H,2H2,1H3/b9-6-. The highest BCUT2D eigenvalue weighted by atomic mass is 79.9. The zero-order chi connectivity index (χ0) is 11.4. The Hall–Kier alpha value is -1.23. The minimum atomic E-state index is -0.500. The van der Waals surface area contributed by atoms with E-state index in [2.05, 4.69) is 15.9 Å². The maximum atomic E-state index is 13.2. The second-order valence-electron chi connectivity index (χ2n) is 2.91. The van der Waals surface area contributed by atoms with Gasteiger partial charge in [-0.3, -0.25) is 10.1 Å².